The van der Waals surface area contributed by atoms with Gasteiger partial charge in [0.25, 0.3) is 0 Å². The van der Waals surface area contributed by atoms with Gasteiger partial charge in [0.05, 0.1) is 17.7 Å². The number of carbonyl (C=O) groups is 2. The molecule has 0 bridgehead atoms. The minimum atomic E-state index is -0.608. The Kier molecular flexibility index (Phi) is 2.91. The molecule has 0 spiro atoms. The summed E-state index contributed by atoms with van der Waals surface area (Å²) in [7, 11) is 0. The molecule has 0 amide bonds. The van der Waals surface area contributed by atoms with Gasteiger partial charge in [-0.05, 0) is 13.8 Å². The van der Waals surface area contributed by atoms with Crippen LogP contribution in [-0.4, -0.2) is 29.0 Å². The van der Waals surface area contributed by atoms with Gasteiger partial charge in [0.2, 0.25) is 0 Å². The van der Waals surface area contributed by atoms with Crippen LogP contribution in [0.5, 0.6) is 5.88 Å². The number of nitrogens with one attached hydrogen (secondary N) is 1. The molecule has 1 aromatic rings. The Morgan fingerprint density at radius 3 is 2.79 bits per heavy atom. The molecule has 0 aromatic carbocycles. The van der Waals surface area contributed by atoms with E-state index in [1.165, 1.54) is 0 Å². The van der Waals surface area contributed by atoms with E-state index in [2.05, 4.69) is 4.98 Å². The highest BCUT2D eigenvalue weighted by atomic mass is 16.5. The Hall–Kier alpha value is -1.78. The number of esters is 1. The van der Waals surface area contributed by atoms with Crippen molar-refractivity contribution >= 4 is 12.3 Å². The second-order valence-corrected chi connectivity index (χ2v) is 2.73. The maximum atomic E-state index is 11.3. The topological polar surface area (TPSA) is 79.4 Å². The Morgan fingerprint density at radius 2 is 2.29 bits per heavy atom. The number of rotatable bonds is 3. The van der Waals surface area contributed by atoms with Crippen LogP contribution >= 0.6 is 0 Å². The van der Waals surface area contributed by atoms with Gasteiger partial charge in [0.15, 0.2) is 12.2 Å². The van der Waals surface area contributed by atoms with E-state index in [0.717, 1.165) is 0 Å². The molecule has 5 nitrogen and oxygen atoms in total. The summed E-state index contributed by atoms with van der Waals surface area (Å²) in [4.78, 5) is 24.4. The number of aromatic nitrogens is 1. The third-order valence-corrected chi connectivity index (χ3v) is 1.80. The van der Waals surface area contributed by atoms with E-state index >= 15 is 0 Å². The predicted molar refractivity (Wildman–Crippen MR) is 48.5 cm³/mol. The average molecular weight is 197 g/mol. The monoisotopic (exact) mass is 197 g/mol. The molecular formula is C9H11NO4. The zero-order valence-corrected chi connectivity index (χ0v) is 7.96. The van der Waals surface area contributed by atoms with Crippen molar-refractivity contribution in [3.8, 4) is 5.88 Å². The Bertz CT molecular complexity index is 367. The van der Waals surface area contributed by atoms with Crippen LogP contribution in [0.4, 0.5) is 0 Å². The number of ether oxygens (including phenoxy) is 1. The average Bonchev–Trinajstić information content (AvgIpc) is 2.40. The van der Waals surface area contributed by atoms with Gasteiger partial charge in [-0.15, -0.1) is 0 Å². The Labute approximate surface area is 80.7 Å². The smallest absolute Gasteiger partial charge is 0.340 e. The van der Waals surface area contributed by atoms with E-state index in [4.69, 9.17) is 4.74 Å². The first-order chi connectivity index (χ1) is 6.61. The second-order valence-electron chi connectivity index (χ2n) is 2.73. The largest absolute Gasteiger partial charge is 0.494 e. The van der Waals surface area contributed by atoms with Crippen molar-refractivity contribution in [1.29, 1.82) is 0 Å². The number of H-pyrrole nitrogens is 1. The van der Waals surface area contributed by atoms with Crippen LogP contribution in [0.3, 0.4) is 0 Å². The molecule has 0 radical (unpaired) electrons. The normalized spacial score (nSPS) is 9.86. The lowest BCUT2D eigenvalue weighted by atomic mass is 10.1. The maximum Gasteiger partial charge on any atom is 0.340 e. The van der Waals surface area contributed by atoms with Crippen LogP contribution in [0, 0.1) is 6.92 Å². The van der Waals surface area contributed by atoms with E-state index in [1.807, 2.05) is 0 Å². The molecule has 0 saturated carbocycles. The SMILES string of the molecule is CCOC(=O)c1c(C)[nH]c(O)c1C=O. The highest BCUT2D eigenvalue weighted by Gasteiger charge is 2.21. The van der Waals surface area contributed by atoms with Crippen LogP contribution in [0.2, 0.25) is 0 Å². The maximum absolute atomic E-state index is 11.3. The summed E-state index contributed by atoms with van der Waals surface area (Å²) in [6.07, 6.45) is 0.422. The molecule has 0 atom stereocenters. The lowest BCUT2D eigenvalue weighted by Crippen LogP contribution is -2.07. The minimum absolute atomic E-state index is 0.0547. The summed E-state index contributed by atoms with van der Waals surface area (Å²) in [5, 5.41) is 9.23. The molecule has 0 saturated heterocycles. The van der Waals surface area contributed by atoms with E-state index in [1.54, 1.807) is 13.8 Å². The second kappa shape index (κ2) is 3.95. The van der Waals surface area contributed by atoms with Gasteiger partial charge in [-0.3, -0.25) is 4.79 Å². The molecule has 14 heavy (non-hydrogen) atoms. The van der Waals surface area contributed by atoms with Crippen molar-refractivity contribution in [2.75, 3.05) is 6.61 Å². The molecule has 76 valence electrons. The first-order valence-corrected chi connectivity index (χ1v) is 4.15. The Morgan fingerprint density at radius 1 is 1.64 bits per heavy atom. The molecule has 2 N–H and O–H groups in total. The first kappa shape index (κ1) is 10.3. The van der Waals surface area contributed by atoms with Crippen molar-refractivity contribution in [3.05, 3.63) is 16.8 Å². The lowest BCUT2D eigenvalue weighted by Gasteiger charge is -2.00. The van der Waals surface area contributed by atoms with Crippen molar-refractivity contribution in [2.45, 2.75) is 13.8 Å². The number of aromatic hydroxyl groups is 1. The number of aromatic amines is 1. The van der Waals surface area contributed by atoms with Crippen LogP contribution in [0.15, 0.2) is 0 Å². The fourth-order valence-corrected chi connectivity index (χ4v) is 1.21. The zero-order chi connectivity index (χ0) is 10.7. The van der Waals surface area contributed by atoms with Crippen molar-refractivity contribution in [2.24, 2.45) is 0 Å². The number of aryl methyl sites for hydroxylation is 1. The van der Waals surface area contributed by atoms with E-state index in [-0.39, 0.29) is 23.6 Å². The van der Waals surface area contributed by atoms with Crippen LogP contribution in [-0.2, 0) is 4.74 Å². The number of hydrogen-bond donors (Lipinski definition) is 2. The van der Waals surface area contributed by atoms with E-state index in [0.29, 0.717) is 12.0 Å². The summed E-state index contributed by atoms with van der Waals surface area (Å²) in [5.41, 5.74) is 0.461. The molecule has 1 heterocycles. The molecule has 0 aliphatic rings. The quantitative estimate of drug-likeness (QED) is 0.560. The summed E-state index contributed by atoms with van der Waals surface area (Å²) in [5.74, 6) is -0.913. The highest BCUT2D eigenvalue weighted by molar-refractivity contribution is 6.01. The van der Waals surface area contributed by atoms with Crippen LogP contribution < -0.4 is 0 Å². The van der Waals surface area contributed by atoms with Crippen molar-refractivity contribution in [1.82, 2.24) is 4.98 Å². The van der Waals surface area contributed by atoms with Gasteiger partial charge in [-0.25, -0.2) is 4.79 Å². The van der Waals surface area contributed by atoms with E-state index in [9.17, 15) is 14.7 Å². The minimum Gasteiger partial charge on any atom is -0.494 e. The van der Waals surface area contributed by atoms with Crippen LogP contribution in [0.25, 0.3) is 0 Å². The molecule has 0 fully saturated rings. The summed E-state index contributed by atoms with van der Waals surface area (Å²) in [6.45, 7) is 3.47. The molecule has 1 rings (SSSR count). The molecule has 0 aliphatic heterocycles. The fourth-order valence-electron chi connectivity index (χ4n) is 1.21. The van der Waals surface area contributed by atoms with Gasteiger partial charge in [-0.2, -0.15) is 0 Å². The summed E-state index contributed by atoms with van der Waals surface area (Å²) in [6, 6.07) is 0. The highest BCUT2D eigenvalue weighted by Crippen LogP contribution is 2.22. The van der Waals surface area contributed by atoms with E-state index < -0.39 is 5.97 Å². The zero-order valence-electron chi connectivity index (χ0n) is 7.96. The van der Waals surface area contributed by atoms with Crippen molar-refractivity contribution in [3.63, 3.8) is 0 Å². The Balaban J connectivity index is 3.18. The van der Waals surface area contributed by atoms with Gasteiger partial charge >= 0.3 is 5.97 Å². The molecule has 5 heteroatoms. The number of aldehydes is 1. The number of hydrogen-bond acceptors (Lipinski definition) is 4. The van der Waals surface area contributed by atoms with Crippen molar-refractivity contribution < 1.29 is 19.4 Å². The standard InChI is InChI=1S/C9H11NO4/c1-3-14-9(13)7-5(2)10-8(12)6(7)4-11/h4,10,12H,3H2,1-2H3. The molecule has 0 unspecified atom stereocenters. The number of carbonyl (C=O) groups excluding carboxylic acids is 2. The first-order valence-electron chi connectivity index (χ1n) is 4.15. The van der Waals surface area contributed by atoms with Crippen LogP contribution in [0.1, 0.15) is 33.3 Å². The molecule has 1 aromatic heterocycles. The van der Waals surface area contributed by atoms with Gasteiger partial charge in [0.1, 0.15) is 0 Å². The fraction of sp³-hybridized carbons (Fsp3) is 0.333. The van der Waals surface area contributed by atoms with Gasteiger partial charge in [-0.1, -0.05) is 0 Å². The lowest BCUT2D eigenvalue weighted by molar-refractivity contribution is 0.0523. The summed E-state index contributed by atoms with van der Waals surface area (Å²) < 4.78 is 4.74. The third kappa shape index (κ3) is 1.61. The third-order valence-electron chi connectivity index (χ3n) is 1.80. The van der Waals surface area contributed by atoms with Gasteiger partial charge in [0, 0.05) is 5.69 Å². The summed E-state index contributed by atoms with van der Waals surface area (Å²) >= 11 is 0. The van der Waals surface area contributed by atoms with Gasteiger partial charge < -0.3 is 14.8 Å². The predicted octanol–water partition coefficient (Wildman–Crippen LogP) is 1.02. The molecular weight excluding hydrogens is 186 g/mol. The molecule has 0 aliphatic carbocycles.